The first-order valence-electron chi connectivity index (χ1n) is 8.16. The number of aromatic nitrogens is 4. The second-order valence-electron chi connectivity index (χ2n) is 5.88. The molecular weight excluding hydrogens is 349 g/mol. The van der Waals surface area contributed by atoms with E-state index in [4.69, 9.17) is 0 Å². The van der Waals surface area contributed by atoms with Crippen molar-refractivity contribution in [2.24, 2.45) is 0 Å². The highest BCUT2D eigenvalue weighted by Crippen LogP contribution is 2.21. The number of nitrogens with zero attached hydrogens (tertiary/aromatic N) is 3. The molecule has 7 nitrogen and oxygen atoms in total. The topological polar surface area (TPSA) is 92.2 Å². The van der Waals surface area contributed by atoms with E-state index in [1.165, 1.54) is 22.7 Å². The quantitative estimate of drug-likeness (QED) is 0.581. The molecule has 0 saturated carbocycles. The van der Waals surface area contributed by atoms with Crippen LogP contribution in [0.3, 0.4) is 0 Å². The van der Waals surface area contributed by atoms with Crippen LogP contribution < -0.4 is 11.0 Å². The largest absolute Gasteiger partial charge is 0.348 e. The molecule has 27 heavy (non-hydrogen) atoms. The van der Waals surface area contributed by atoms with Gasteiger partial charge in [0.2, 0.25) is 0 Å². The Morgan fingerprint density at radius 2 is 1.96 bits per heavy atom. The Morgan fingerprint density at radius 1 is 1.15 bits per heavy atom. The van der Waals surface area contributed by atoms with E-state index in [2.05, 4.69) is 20.5 Å². The van der Waals surface area contributed by atoms with Crippen LogP contribution in [0.2, 0.25) is 0 Å². The highest BCUT2D eigenvalue weighted by molar-refractivity contribution is 5.94. The molecule has 0 bridgehead atoms. The molecule has 0 radical (unpaired) electrons. The summed E-state index contributed by atoms with van der Waals surface area (Å²) in [6.45, 7) is 0.234. The fourth-order valence-electron chi connectivity index (χ4n) is 2.77. The van der Waals surface area contributed by atoms with Crippen molar-refractivity contribution < 1.29 is 9.18 Å². The van der Waals surface area contributed by atoms with Gasteiger partial charge in [-0.3, -0.25) is 9.78 Å². The number of carbonyl (C=O) groups excluding carboxylic acids is 1. The number of nitrogens with one attached hydrogen (secondary N) is 2. The average Bonchev–Trinajstić information content (AvgIpc) is 3.07. The van der Waals surface area contributed by atoms with Crippen LogP contribution in [0.5, 0.6) is 0 Å². The smallest absolute Gasteiger partial charge is 0.347 e. The minimum Gasteiger partial charge on any atom is -0.348 e. The van der Waals surface area contributed by atoms with Crippen molar-refractivity contribution in [1.29, 1.82) is 0 Å². The number of aromatic amines is 1. The predicted molar refractivity (Wildman–Crippen MR) is 96.6 cm³/mol. The first kappa shape index (κ1) is 16.6. The Labute approximate surface area is 152 Å². The van der Waals surface area contributed by atoms with Gasteiger partial charge in [0.25, 0.3) is 5.91 Å². The van der Waals surface area contributed by atoms with Crippen molar-refractivity contribution in [2.45, 2.75) is 6.54 Å². The van der Waals surface area contributed by atoms with E-state index in [9.17, 15) is 14.0 Å². The number of hydrogen-bond acceptors (Lipinski definition) is 4. The lowest BCUT2D eigenvalue weighted by molar-refractivity contribution is 0.0950. The SMILES string of the molecule is O=C(NCc1cccnc1-c1ccc(F)cc1)c1ccc2n[nH]c(=O)n2c1. The number of rotatable bonds is 4. The Hall–Kier alpha value is -3.81. The molecule has 4 rings (SSSR count). The van der Waals surface area contributed by atoms with Gasteiger partial charge in [0, 0.05) is 24.5 Å². The van der Waals surface area contributed by atoms with Gasteiger partial charge in [-0.1, -0.05) is 6.07 Å². The van der Waals surface area contributed by atoms with Crippen LogP contribution in [0, 0.1) is 5.82 Å². The molecule has 0 saturated heterocycles. The van der Waals surface area contributed by atoms with Crippen LogP contribution in [-0.2, 0) is 6.54 Å². The third kappa shape index (κ3) is 3.32. The van der Waals surface area contributed by atoms with Gasteiger partial charge in [0.05, 0.1) is 11.3 Å². The van der Waals surface area contributed by atoms with Gasteiger partial charge in [-0.25, -0.2) is 18.7 Å². The molecule has 3 heterocycles. The van der Waals surface area contributed by atoms with Crippen molar-refractivity contribution in [3.05, 3.63) is 88.4 Å². The van der Waals surface area contributed by atoms with E-state index in [1.54, 1.807) is 36.5 Å². The van der Waals surface area contributed by atoms with Gasteiger partial charge < -0.3 is 5.32 Å². The number of carbonyl (C=O) groups is 1. The molecule has 0 unspecified atom stereocenters. The Balaban J connectivity index is 1.56. The van der Waals surface area contributed by atoms with E-state index in [0.717, 1.165) is 11.1 Å². The van der Waals surface area contributed by atoms with E-state index >= 15 is 0 Å². The zero-order chi connectivity index (χ0) is 18.8. The standard InChI is InChI=1S/C19H14FN5O2/c20-15-6-3-12(4-7-15)17-13(2-1-9-21-17)10-22-18(26)14-5-8-16-23-24-19(27)25(16)11-14/h1-9,11H,10H2,(H,22,26)(H,24,27). The second-order valence-corrected chi connectivity index (χ2v) is 5.88. The number of pyridine rings is 2. The highest BCUT2D eigenvalue weighted by atomic mass is 19.1. The lowest BCUT2D eigenvalue weighted by atomic mass is 10.1. The minimum absolute atomic E-state index is 0.234. The summed E-state index contributed by atoms with van der Waals surface area (Å²) < 4.78 is 14.4. The number of benzene rings is 1. The van der Waals surface area contributed by atoms with Crippen LogP contribution in [0.1, 0.15) is 15.9 Å². The number of amides is 1. The molecule has 0 atom stereocenters. The van der Waals surface area contributed by atoms with Gasteiger partial charge in [-0.05, 0) is 48.0 Å². The zero-order valence-corrected chi connectivity index (χ0v) is 14.0. The molecule has 0 spiro atoms. The van der Waals surface area contributed by atoms with E-state index in [-0.39, 0.29) is 18.3 Å². The Bertz CT molecular complexity index is 1180. The summed E-state index contributed by atoms with van der Waals surface area (Å²) in [6.07, 6.45) is 3.07. The van der Waals surface area contributed by atoms with Crippen LogP contribution in [0.25, 0.3) is 16.9 Å². The monoisotopic (exact) mass is 363 g/mol. The summed E-state index contributed by atoms with van der Waals surface area (Å²) in [5.74, 6) is -0.659. The minimum atomic E-state index is -0.412. The van der Waals surface area contributed by atoms with Crippen molar-refractivity contribution in [1.82, 2.24) is 24.9 Å². The van der Waals surface area contributed by atoms with Gasteiger partial charge in [0.1, 0.15) is 5.82 Å². The summed E-state index contributed by atoms with van der Waals surface area (Å²) in [5, 5.41) is 8.96. The van der Waals surface area contributed by atoms with E-state index in [0.29, 0.717) is 16.9 Å². The third-order valence-corrected chi connectivity index (χ3v) is 4.12. The van der Waals surface area contributed by atoms with E-state index in [1.807, 2.05) is 6.07 Å². The van der Waals surface area contributed by atoms with Crippen molar-refractivity contribution in [2.75, 3.05) is 0 Å². The molecular formula is C19H14FN5O2. The van der Waals surface area contributed by atoms with Crippen LogP contribution in [0.15, 0.2) is 65.7 Å². The molecule has 8 heteroatoms. The zero-order valence-electron chi connectivity index (χ0n) is 14.0. The molecule has 0 aliphatic heterocycles. The number of hydrogen-bond donors (Lipinski definition) is 2. The molecule has 0 aliphatic carbocycles. The molecule has 0 aliphatic rings. The third-order valence-electron chi connectivity index (χ3n) is 4.12. The van der Waals surface area contributed by atoms with Gasteiger partial charge in [-0.15, -0.1) is 0 Å². The van der Waals surface area contributed by atoms with Crippen LogP contribution in [0.4, 0.5) is 4.39 Å². The fraction of sp³-hybridized carbons (Fsp3) is 0.0526. The summed E-state index contributed by atoms with van der Waals surface area (Å²) in [6, 6.07) is 12.8. The molecule has 134 valence electrons. The van der Waals surface area contributed by atoms with Crippen molar-refractivity contribution >= 4 is 11.6 Å². The lowest BCUT2D eigenvalue weighted by Gasteiger charge is -2.10. The molecule has 1 aromatic carbocycles. The maximum atomic E-state index is 13.2. The molecule has 3 aromatic heterocycles. The first-order chi connectivity index (χ1) is 13.1. The summed E-state index contributed by atoms with van der Waals surface area (Å²) >= 11 is 0. The van der Waals surface area contributed by atoms with Crippen molar-refractivity contribution in [3.8, 4) is 11.3 Å². The number of H-pyrrole nitrogens is 1. The Morgan fingerprint density at radius 3 is 2.78 bits per heavy atom. The van der Waals surface area contributed by atoms with Crippen molar-refractivity contribution in [3.63, 3.8) is 0 Å². The maximum absolute atomic E-state index is 13.2. The number of halogens is 1. The molecule has 1 amide bonds. The van der Waals surface area contributed by atoms with Gasteiger partial charge in [0.15, 0.2) is 5.65 Å². The summed E-state index contributed by atoms with van der Waals surface area (Å²) in [4.78, 5) is 28.4. The Kier molecular flexibility index (Phi) is 4.21. The first-order valence-corrected chi connectivity index (χ1v) is 8.16. The van der Waals surface area contributed by atoms with Gasteiger partial charge >= 0.3 is 5.69 Å². The highest BCUT2D eigenvalue weighted by Gasteiger charge is 2.11. The normalized spacial score (nSPS) is 10.9. The fourth-order valence-corrected chi connectivity index (χ4v) is 2.77. The van der Waals surface area contributed by atoms with E-state index < -0.39 is 5.69 Å². The van der Waals surface area contributed by atoms with Crippen LogP contribution >= 0.6 is 0 Å². The maximum Gasteiger partial charge on any atom is 0.347 e. The molecule has 2 N–H and O–H groups in total. The number of fused-ring (bicyclic) bond motifs is 1. The molecule has 0 fully saturated rings. The van der Waals surface area contributed by atoms with Gasteiger partial charge in [-0.2, -0.15) is 5.10 Å². The summed E-state index contributed by atoms with van der Waals surface area (Å²) in [7, 11) is 0. The summed E-state index contributed by atoms with van der Waals surface area (Å²) in [5.41, 5.74) is 2.57. The molecule has 4 aromatic rings. The lowest BCUT2D eigenvalue weighted by Crippen LogP contribution is -2.24. The predicted octanol–water partition coefficient (Wildman–Crippen LogP) is 2.15. The van der Waals surface area contributed by atoms with Crippen LogP contribution in [-0.4, -0.2) is 25.5 Å². The second kappa shape index (κ2) is 6.83. The average molecular weight is 363 g/mol.